The van der Waals surface area contributed by atoms with Gasteiger partial charge in [0.25, 0.3) is 0 Å². The van der Waals surface area contributed by atoms with Crippen molar-refractivity contribution in [3.05, 3.63) is 108 Å². The summed E-state index contributed by atoms with van der Waals surface area (Å²) in [6.07, 6.45) is 1.63. The lowest BCUT2D eigenvalue weighted by Crippen LogP contribution is -2.49. The molecule has 32 heavy (non-hydrogen) atoms. The Balaban J connectivity index is 1.36. The Kier molecular flexibility index (Phi) is 8.46. The zero-order valence-corrected chi connectivity index (χ0v) is 18.5. The highest BCUT2D eigenvalue weighted by Gasteiger charge is 2.37. The van der Waals surface area contributed by atoms with E-state index < -0.39 is 0 Å². The molecule has 0 bridgehead atoms. The molecule has 0 saturated heterocycles. The van der Waals surface area contributed by atoms with Gasteiger partial charge in [-0.25, -0.2) is 0 Å². The van der Waals surface area contributed by atoms with Crippen LogP contribution in [0.1, 0.15) is 29.5 Å². The Morgan fingerprint density at radius 2 is 1.06 bits per heavy atom. The first-order valence-corrected chi connectivity index (χ1v) is 11.5. The van der Waals surface area contributed by atoms with Crippen LogP contribution in [0.4, 0.5) is 0 Å². The van der Waals surface area contributed by atoms with E-state index >= 15 is 0 Å². The van der Waals surface area contributed by atoms with Gasteiger partial charge >= 0.3 is 0 Å². The summed E-state index contributed by atoms with van der Waals surface area (Å²) in [6.45, 7) is 2.39. The minimum atomic E-state index is -0.0272. The van der Waals surface area contributed by atoms with Crippen LogP contribution in [-0.2, 0) is 34.0 Å². The van der Waals surface area contributed by atoms with E-state index in [9.17, 15) is 0 Å². The highest BCUT2D eigenvalue weighted by molar-refractivity contribution is 5.15. The van der Waals surface area contributed by atoms with Crippen LogP contribution in [0.2, 0.25) is 0 Å². The topological polar surface area (TPSA) is 53.7 Å². The van der Waals surface area contributed by atoms with Crippen molar-refractivity contribution in [2.75, 3.05) is 6.61 Å². The molecule has 1 fully saturated rings. The lowest BCUT2D eigenvalue weighted by atomic mass is 9.82. The largest absolute Gasteiger partial charge is 0.376 e. The van der Waals surface area contributed by atoms with Gasteiger partial charge in [0.05, 0.1) is 38.6 Å². The molecule has 4 heteroatoms. The van der Waals surface area contributed by atoms with Gasteiger partial charge < -0.3 is 19.9 Å². The first-order chi connectivity index (χ1) is 15.8. The molecule has 0 spiro atoms. The van der Waals surface area contributed by atoms with Crippen LogP contribution in [0, 0.1) is 5.92 Å². The first kappa shape index (κ1) is 22.7. The van der Waals surface area contributed by atoms with Gasteiger partial charge in [0.1, 0.15) is 0 Å². The van der Waals surface area contributed by atoms with Gasteiger partial charge in [0.2, 0.25) is 0 Å². The van der Waals surface area contributed by atoms with Crippen LogP contribution >= 0.6 is 0 Å². The van der Waals surface area contributed by atoms with Crippen molar-refractivity contribution in [3.63, 3.8) is 0 Å². The molecule has 0 amide bonds. The third-order valence-corrected chi connectivity index (χ3v) is 6.10. The molecule has 4 atom stereocenters. The molecule has 0 radical (unpaired) electrons. The minimum Gasteiger partial charge on any atom is -0.376 e. The fourth-order valence-corrected chi connectivity index (χ4v) is 4.28. The van der Waals surface area contributed by atoms with E-state index in [0.29, 0.717) is 26.4 Å². The fraction of sp³-hybridized carbons (Fsp3) is 0.357. The summed E-state index contributed by atoms with van der Waals surface area (Å²) >= 11 is 0. The maximum atomic E-state index is 6.55. The Labute approximate surface area is 191 Å². The van der Waals surface area contributed by atoms with Crippen LogP contribution < -0.4 is 5.73 Å². The normalized spacial score (nSPS) is 23.2. The van der Waals surface area contributed by atoms with Crippen molar-refractivity contribution >= 4 is 0 Å². The van der Waals surface area contributed by atoms with E-state index in [-0.39, 0.29) is 24.2 Å². The van der Waals surface area contributed by atoms with Crippen molar-refractivity contribution in [2.45, 2.75) is 50.9 Å². The number of nitrogens with two attached hydrogens (primary N) is 1. The highest BCUT2D eigenvalue weighted by Crippen LogP contribution is 2.30. The number of hydrogen-bond donors (Lipinski definition) is 1. The Hall–Kier alpha value is -2.50. The molecule has 168 valence electrons. The van der Waals surface area contributed by atoms with Gasteiger partial charge in [0, 0.05) is 18.4 Å². The highest BCUT2D eigenvalue weighted by atomic mass is 16.5. The minimum absolute atomic E-state index is 0.0265. The van der Waals surface area contributed by atoms with Crippen molar-refractivity contribution in [3.8, 4) is 0 Å². The number of rotatable bonds is 10. The smallest absolute Gasteiger partial charge is 0.0755 e. The molecule has 0 aromatic heterocycles. The van der Waals surface area contributed by atoms with Crippen molar-refractivity contribution in [2.24, 2.45) is 11.7 Å². The Morgan fingerprint density at radius 1 is 0.594 bits per heavy atom. The van der Waals surface area contributed by atoms with E-state index in [1.54, 1.807) is 0 Å². The van der Waals surface area contributed by atoms with Crippen LogP contribution in [-0.4, -0.2) is 24.9 Å². The van der Waals surface area contributed by atoms with Crippen LogP contribution in [0.5, 0.6) is 0 Å². The maximum absolute atomic E-state index is 6.55. The standard InChI is InChI=1S/C28H33NO3/c29-26-16-25(21-30-18-22-10-4-1-5-11-22)27(31-19-23-12-6-2-7-13-23)17-28(26)32-20-24-14-8-3-9-15-24/h1-15,25-28H,16-21,29H2/t25-,26-,27?,28+/m1/s1. The van der Waals surface area contributed by atoms with Gasteiger partial charge in [-0.1, -0.05) is 91.0 Å². The Morgan fingerprint density at radius 3 is 1.59 bits per heavy atom. The second-order valence-corrected chi connectivity index (χ2v) is 8.57. The summed E-state index contributed by atoms with van der Waals surface area (Å²) in [5.41, 5.74) is 10.1. The third kappa shape index (κ3) is 6.75. The quantitative estimate of drug-likeness (QED) is 0.485. The fourth-order valence-electron chi connectivity index (χ4n) is 4.28. The Bertz CT molecular complexity index is 904. The van der Waals surface area contributed by atoms with Crippen molar-refractivity contribution in [1.29, 1.82) is 0 Å². The summed E-state index contributed by atoms with van der Waals surface area (Å²) in [7, 11) is 0. The molecule has 3 aromatic carbocycles. The molecule has 4 nitrogen and oxygen atoms in total. The van der Waals surface area contributed by atoms with Gasteiger partial charge in [-0.15, -0.1) is 0 Å². The molecule has 2 N–H and O–H groups in total. The summed E-state index contributed by atoms with van der Waals surface area (Å²) in [6, 6.07) is 30.8. The summed E-state index contributed by atoms with van der Waals surface area (Å²) in [5, 5.41) is 0. The predicted molar refractivity (Wildman–Crippen MR) is 127 cm³/mol. The lowest BCUT2D eigenvalue weighted by molar-refractivity contribution is -0.106. The second-order valence-electron chi connectivity index (χ2n) is 8.57. The van der Waals surface area contributed by atoms with Gasteiger partial charge in [0.15, 0.2) is 0 Å². The molecule has 1 aliphatic rings. The molecular weight excluding hydrogens is 398 g/mol. The molecule has 4 rings (SSSR count). The van der Waals surface area contributed by atoms with Gasteiger partial charge in [-0.3, -0.25) is 0 Å². The second kappa shape index (κ2) is 11.9. The van der Waals surface area contributed by atoms with Crippen LogP contribution in [0.3, 0.4) is 0 Å². The first-order valence-electron chi connectivity index (χ1n) is 11.5. The van der Waals surface area contributed by atoms with Crippen LogP contribution in [0.25, 0.3) is 0 Å². The number of hydrogen-bond acceptors (Lipinski definition) is 4. The van der Waals surface area contributed by atoms with E-state index in [4.69, 9.17) is 19.9 Å². The molecule has 3 aromatic rings. The van der Waals surface area contributed by atoms with Crippen LogP contribution in [0.15, 0.2) is 91.0 Å². The van der Waals surface area contributed by atoms with E-state index in [1.807, 2.05) is 54.6 Å². The van der Waals surface area contributed by atoms with Gasteiger partial charge in [-0.05, 0) is 23.1 Å². The predicted octanol–water partition coefficient (Wildman–Crippen LogP) is 5.11. The van der Waals surface area contributed by atoms with Gasteiger partial charge in [-0.2, -0.15) is 0 Å². The van der Waals surface area contributed by atoms with E-state index in [0.717, 1.165) is 18.4 Å². The summed E-state index contributed by atoms with van der Waals surface area (Å²) < 4.78 is 18.7. The summed E-state index contributed by atoms with van der Waals surface area (Å²) in [5.74, 6) is 0.244. The SMILES string of the molecule is N[C@@H]1C[C@H](COCc2ccccc2)C(OCc2ccccc2)C[C@@H]1OCc1ccccc1. The average Bonchev–Trinajstić information content (AvgIpc) is 2.85. The van der Waals surface area contributed by atoms with E-state index in [1.165, 1.54) is 11.1 Å². The maximum Gasteiger partial charge on any atom is 0.0755 e. The lowest BCUT2D eigenvalue weighted by Gasteiger charge is -2.39. The average molecular weight is 432 g/mol. The molecule has 0 aliphatic heterocycles. The number of benzene rings is 3. The number of ether oxygens (including phenoxy) is 3. The molecule has 1 aliphatic carbocycles. The monoisotopic (exact) mass is 431 g/mol. The molecule has 0 heterocycles. The van der Waals surface area contributed by atoms with E-state index in [2.05, 4.69) is 36.4 Å². The molecule has 1 unspecified atom stereocenters. The summed E-state index contributed by atoms with van der Waals surface area (Å²) in [4.78, 5) is 0. The zero-order chi connectivity index (χ0) is 22.0. The molecular formula is C28H33NO3. The molecule has 1 saturated carbocycles. The zero-order valence-electron chi connectivity index (χ0n) is 18.5. The van der Waals surface area contributed by atoms with Crippen molar-refractivity contribution < 1.29 is 14.2 Å². The van der Waals surface area contributed by atoms with Crippen molar-refractivity contribution in [1.82, 2.24) is 0 Å². The third-order valence-electron chi connectivity index (χ3n) is 6.10.